The zero-order valence-electron chi connectivity index (χ0n) is 9.49. The molecule has 0 atom stereocenters. The van der Waals surface area contributed by atoms with Crippen LogP contribution in [0.2, 0.25) is 0 Å². The van der Waals surface area contributed by atoms with Crippen molar-refractivity contribution in [3.05, 3.63) is 35.9 Å². The van der Waals surface area contributed by atoms with Gasteiger partial charge in [-0.3, -0.25) is 4.79 Å². The van der Waals surface area contributed by atoms with Gasteiger partial charge in [-0.25, -0.2) is 0 Å². The lowest BCUT2D eigenvalue weighted by Gasteiger charge is -1.81. The van der Waals surface area contributed by atoms with Gasteiger partial charge in [-0.15, -0.1) is 0 Å². The highest BCUT2D eigenvalue weighted by atomic mass is 16.5. The van der Waals surface area contributed by atoms with E-state index >= 15 is 0 Å². The Hall–Kier alpha value is -1.15. The van der Waals surface area contributed by atoms with E-state index in [1.807, 2.05) is 39.0 Å². The molecule has 1 rings (SSSR count). The molecule has 14 heavy (non-hydrogen) atoms. The van der Waals surface area contributed by atoms with Crippen LogP contribution >= 0.6 is 0 Å². The van der Waals surface area contributed by atoms with Crippen molar-refractivity contribution in [2.45, 2.75) is 20.8 Å². The van der Waals surface area contributed by atoms with Crippen LogP contribution in [0.25, 0.3) is 0 Å². The summed E-state index contributed by atoms with van der Waals surface area (Å²) in [6.45, 7) is 6.78. The van der Waals surface area contributed by atoms with Crippen molar-refractivity contribution in [1.29, 1.82) is 0 Å². The number of hydrogen-bond acceptors (Lipinski definition) is 2. The van der Waals surface area contributed by atoms with Crippen molar-refractivity contribution in [3.8, 4) is 0 Å². The van der Waals surface area contributed by atoms with Gasteiger partial charge < -0.3 is 4.74 Å². The van der Waals surface area contributed by atoms with Gasteiger partial charge in [0.15, 0.2) is 0 Å². The van der Waals surface area contributed by atoms with E-state index in [1.54, 1.807) is 19.2 Å². The highest BCUT2D eigenvalue weighted by Crippen LogP contribution is 1.91. The first-order valence-electron chi connectivity index (χ1n) is 4.84. The molecule has 1 aromatic carbocycles. The molecule has 0 heterocycles. The fourth-order valence-corrected chi connectivity index (χ4v) is 0.532. The van der Waals surface area contributed by atoms with Crippen molar-refractivity contribution < 1.29 is 9.53 Å². The molecule has 0 spiro atoms. The summed E-state index contributed by atoms with van der Waals surface area (Å²) in [5.41, 5.74) is 0.729. The molecule has 0 saturated heterocycles. The third-order valence-corrected chi connectivity index (χ3v) is 1.22. The lowest BCUT2D eigenvalue weighted by molar-refractivity contribution is 0.112. The van der Waals surface area contributed by atoms with Gasteiger partial charge in [0.2, 0.25) is 0 Å². The zero-order chi connectivity index (χ0) is 11.2. The Labute approximate surface area is 86.9 Å². The van der Waals surface area contributed by atoms with Gasteiger partial charge in [-0.2, -0.15) is 0 Å². The molecule has 0 amide bonds. The first-order chi connectivity index (χ1) is 6.85. The van der Waals surface area contributed by atoms with E-state index in [0.717, 1.165) is 18.5 Å². The molecular weight excluding hydrogens is 176 g/mol. The molecule has 2 nitrogen and oxygen atoms in total. The molecule has 0 unspecified atom stereocenters. The summed E-state index contributed by atoms with van der Waals surface area (Å²) in [5.74, 6) is 0. The Morgan fingerprint density at radius 1 is 1.21 bits per heavy atom. The number of carbonyl (C=O) groups is 1. The maximum atomic E-state index is 10.0. The second-order valence-corrected chi connectivity index (χ2v) is 2.11. The Bertz CT molecular complexity index is 193. The van der Waals surface area contributed by atoms with Crippen molar-refractivity contribution in [2.75, 3.05) is 13.7 Å². The average molecular weight is 196 g/mol. The molecule has 80 valence electrons. The Morgan fingerprint density at radius 2 is 1.64 bits per heavy atom. The van der Waals surface area contributed by atoms with E-state index in [-0.39, 0.29) is 0 Å². The van der Waals surface area contributed by atoms with Gasteiger partial charge in [-0.05, 0) is 6.92 Å². The van der Waals surface area contributed by atoms with E-state index in [0.29, 0.717) is 0 Å². The van der Waals surface area contributed by atoms with Crippen LogP contribution in [-0.2, 0) is 4.74 Å². The first kappa shape index (κ1) is 15.3. The number of aldehydes is 1. The second kappa shape index (κ2) is 14.4. The molecule has 0 aliphatic heterocycles. The van der Waals surface area contributed by atoms with Crippen LogP contribution in [-0.4, -0.2) is 20.0 Å². The normalized spacial score (nSPS) is 7.43. The Morgan fingerprint density at radius 3 is 1.86 bits per heavy atom. The van der Waals surface area contributed by atoms with Crippen LogP contribution in [0.3, 0.4) is 0 Å². The molecule has 0 saturated carbocycles. The number of carbonyl (C=O) groups excluding carboxylic acids is 1. The third kappa shape index (κ3) is 10.8. The molecule has 0 aliphatic rings. The Kier molecular flexibility index (Phi) is 15.7. The monoisotopic (exact) mass is 196 g/mol. The number of benzene rings is 1. The highest BCUT2D eigenvalue weighted by molar-refractivity contribution is 5.74. The smallest absolute Gasteiger partial charge is 0.150 e. The standard InChI is InChI=1S/C7H6O.C3H8O.C2H6/c8-6-7-4-2-1-3-5-7;1-3-4-2;1-2/h1-6H;3H2,1-2H3;1-2H3. The first-order valence-corrected chi connectivity index (χ1v) is 4.84. The summed E-state index contributed by atoms with van der Waals surface area (Å²) in [5, 5.41) is 0. The predicted octanol–water partition coefficient (Wildman–Crippen LogP) is 3.18. The molecule has 0 aromatic heterocycles. The SMILES string of the molecule is CC.CCOC.O=Cc1ccccc1. The van der Waals surface area contributed by atoms with E-state index in [1.165, 1.54) is 0 Å². The summed E-state index contributed by atoms with van der Waals surface area (Å²) < 4.78 is 4.54. The molecule has 1 aromatic rings. The van der Waals surface area contributed by atoms with Gasteiger partial charge in [0.25, 0.3) is 0 Å². The van der Waals surface area contributed by atoms with Crippen molar-refractivity contribution in [1.82, 2.24) is 0 Å². The minimum atomic E-state index is 0.729. The van der Waals surface area contributed by atoms with Crippen LogP contribution in [0.5, 0.6) is 0 Å². The van der Waals surface area contributed by atoms with Crippen molar-refractivity contribution in [3.63, 3.8) is 0 Å². The van der Waals surface area contributed by atoms with Crippen LogP contribution in [0.1, 0.15) is 31.1 Å². The topological polar surface area (TPSA) is 26.3 Å². The largest absolute Gasteiger partial charge is 0.385 e. The summed E-state index contributed by atoms with van der Waals surface area (Å²) in [7, 11) is 1.68. The van der Waals surface area contributed by atoms with Crippen LogP contribution in [0, 0.1) is 0 Å². The average Bonchev–Trinajstić information content (AvgIpc) is 2.33. The molecule has 0 N–H and O–H groups in total. The van der Waals surface area contributed by atoms with E-state index < -0.39 is 0 Å². The molecular formula is C12H20O2. The lowest BCUT2D eigenvalue weighted by Crippen LogP contribution is -1.73. The summed E-state index contributed by atoms with van der Waals surface area (Å²) >= 11 is 0. The van der Waals surface area contributed by atoms with E-state index in [9.17, 15) is 4.79 Å². The van der Waals surface area contributed by atoms with Gasteiger partial charge in [-0.1, -0.05) is 44.2 Å². The minimum Gasteiger partial charge on any atom is -0.385 e. The molecule has 0 fully saturated rings. The van der Waals surface area contributed by atoms with Crippen LogP contribution in [0.4, 0.5) is 0 Å². The maximum absolute atomic E-state index is 10.0. The highest BCUT2D eigenvalue weighted by Gasteiger charge is 1.79. The van der Waals surface area contributed by atoms with Crippen molar-refractivity contribution in [2.24, 2.45) is 0 Å². The summed E-state index contributed by atoms with van der Waals surface area (Å²) in [6, 6.07) is 9.10. The molecule has 0 radical (unpaired) electrons. The maximum Gasteiger partial charge on any atom is 0.150 e. The van der Waals surface area contributed by atoms with Gasteiger partial charge in [0.1, 0.15) is 6.29 Å². The summed E-state index contributed by atoms with van der Waals surface area (Å²) in [6.07, 6.45) is 0.833. The fourth-order valence-electron chi connectivity index (χ4n) is 0.532. The number of ether oxygens (including phenoxy) is 1. The van der Waals surface area contributed by atoms with E-state index in [4.69, 9.17) is 0 Å². The lowest BCUT2D eigenvalue weighted by atomic mass is 10.2. The predicted molar refractivity (Wildman–Crippen MR) is 60.7 cm³/mol. The quantitative estimate of drug-likeness (QED) is 0.679. The number of methoxy groups -OCH3 is 1. The number of rotatable bonds is 2. The van der Waals surface area contributed by atoms with Crippen molar-refractivity contribution >= 4 is 6.29 Å². The zero-order valence-corrected chi connectivity index (χ0v) is 9.49. The Balaban J connectivity index is 0. The second-order valence-electron chi connectivity index (χ2n) is 2.11. The van der Waals surface area contributed by atoms with Gasteiger partial charge in [0.05, 0.1) is 0 Å². The summed E-state index contributed by atoms with van der Waals surface area (Å²) in [4.78, 5) is 10.0. The molecule has 2 heteroatoms. The van der Waals surface area contributed by atoms with Crippen LogP contribution < -0.4 is 0 Å². The molecule has 0 bridgehead atoms. The molecule has 0 aliphatic carbocycles. The number of hydrogen-bond donors (Lipinski definition) is 0. The van der Waals surface area contributed by atoms with Crippen LogP contribution in [0.15, 0.2) is 30.3 Å². The van der Waals surface area contributed by atoms with E-state index in [2.05, 4.69) is 4.74 Å². The fraction of sp³-hybridized carbons (Fsp3) is 0.417. The minimum absolute atomic E-state index is 0.729. The third-order valence-electron chi connectivity index (χ3n) is 1.22. The van der Waals surface area contributed by atoms with Gasteiger partial charge >= 0.3 is 0 Å². The van der Waals surface area contributed by atoms with Gasteiger partial charge in [0, 0.05) is 19.3 Å².